The maximum atomic E-state index is 11.7. The van der Waals surface area contributed by atoms with Crippen LogP contribution in [0.5, 0.6) is 0 Å². The van der Waals surface area contributed by atoms with Crippen LogP contribution in [0.3, 0.4) is 0 Å². The number of urea groups is 1. The second-order valence-electron chi connectivity index (χ2n) is 4.21. The van der Waals surface area contributed by atoms with Gasteiger partial charge in [0.15, 0.2) is 0 Å². The van der Waals surface area contributed by atoms with E-state index in [1.165, 1.54) is 24.3 Å². The van der Waals surface area contributed by atoms with Crippen LogP contribution in [0.2, 0.25) is 0 Å². The molecular weight excluding hydrogens is 260 g/mol. The third kappa shape index (κ3) is 3.35. The fourth-order valence-electron chi connectivity index (χ4n) is 1.60. The van der Waals surface area contributed by atoms with Gasteiger partial charge < -0.3 is 15.7 Å². The number of hydrogen-bond donors (Lipinski definition) is 4. The Balaban J connectivity index is 1.88. The van der Waals surface area contributed by atoms with E-state index in [9.17, 15) is 9.59 Å². The van der Waals surface area contributed by atoms with Crippen LogP contribution in [0.15, 0.2) is 30.5 Å². The van der Waals surface area contributed by atoms with E-state index in [0.29, 0.717) is 12.2 Å². The Morgan fingerprint density at radius 3 is 2.55 bits per heavy atom. The number of aromatic amines is 1. The number of hydrogen-bond acceptors (Lipinski definition) is 3. The molecular formula is C13H14N4O3. The van der Waals surface area contributed by atoms with Gasteiger partial charge in [-0.3, -0.25) is 5.10 Å². The number of carboxylic acid groups (broad SMARTS) is 1. The molecule has 0 spiro atoms. The van der Waals surface area contributed by atoms with Crippen molar-refractivity contribution in [3.63, 3.8) is 0 Å². The maximum absolute atomic E-state index is 11.7. The first-order valence-electron chi connectivity index (χ1n) is 5.93. The summed E-state index contributed by atoms with van der Waals surface area (Å²) in [5.74, 6) is -1.00. The molecule has 2 aromatic rings. The number of carbonyl (C=O) groups excluding carboxylic acids is 1. The molecule has 7 heteroatoms. The van der Waals surface area contributed by atoms with E-state index in [1.54, 1.807) is 6.20 Å². The molecule has 0 radical (unpaired) electrons. The summed E-state index contributed by atoms with van der Waals surface area (Å²) in [4.78, 5) is 22.4. The molecule has 0 fully saturated rings. The quantitative estimate of drug-likeness (QED) is 0.681. The van der Waals surface area contributed by atoms with Crippen LogP contribution in [0.25, 0.3) is 0 Å². The minimum Gasteiger partial charge on any atom is -0.478 e. The lowest BCUT2D eigenvalue weighted by Crippen LogP contribution is -2.28. The van der Waals surface area contributed by atoms with Crippen LogP contribution in [-0.4, -0.2) is 27.3 Å². The summed E-state index contributed by atoms with van der Waals surface area (Å²) in [5, 5.41) is 20.7. The smallest absolute Gasteiger partial charge is 0.335 e. The van der Waals surface area contributed by atoms with Gasteiger partial charge in [-0.1, -0.05) is 0 Å². The largest absolute Gasteiger partial charge is 0.478 e. The molecule has 0 aliphatic carbocycles. The van der Waals surface area contributed by atoms with Crippen molar-refractivity contribution in [2.75, 3.05) is 5.32 Å². The number of benzene rings is 1. The fourth-order valence-corrected chi connectivity index (χ4v) is 1.60. The zero-order chi connectivity index (χ0) is 14.5. The van der Waals surface area contributed by atoms with E-state index >= 15 is 0 Å². The molecule has 1 aromatic carbocycles. The zero-order valence-electron chi connectivity index (χ0n) is 10.8. The van der Waals surface area contributed by atoms with Gasteiger partial charge >= 0.3 is 12.0 Å². The number of anilines is 1. The molecule has 2 rings (SSSR count). The van der Waals surface area contributed by atoms with Crippen molar-refractivity contribution in [1.82, 2.24) is 15.5 Å². The monoisotopic (exact) mass is 274 g/mol. The zero-order valence-corrected chi connectivity index (χ0v) is 10.8. The van der Waals surface area contributed by atoms with Gasteiger partial charge in [0.05, 0.1) is 11.8 Å². The third-order valence-corrected chi connectivity index (χ3v) is 2.76. The predicted molar refractivity (Wildman–Crippen MR) is 72.6 cm³/mol. The molecule has 7 nitrogen and oxygen atoms in total. The molecule has 104 valence electrons. The predicted octanol–water partition coefficient (Wildman–Crippen LogP) is 1.74. The number of carboxylic acids is 1. The summed E-state index contributed by atoms with van der Waals surface area (Å²) in [6.45, 7) is 2.23. The summed E-state index contributed by atoms with van der Waals surface area (Å²) in [5.41, 5.74) is 2.50. The molecule has 0 saturated heterocycles. The van der Waals surface area contributed by atoms with Crippen molar-refractivity contribution in [3.05, 3.63) is 47.3 Å². The number of aromatic nitrogens is 2. The number of H-pyrrole nitrogens is 1. The number of aromatic carboxylic acids is 1. The molecule has 20 heavy (non-hydrogen) atoms. The molecule has 4 N–H and O–H groups in total. The molecule has 2 amide bonds. The van der Waals surface area contributed by atoms with E-state index in [-0.39, 0.29) is 11.6 Å². The summed E-state index contributed by atoms with van der Waals surface area (Å²) < 4.78 is 0. The Morgan fingerprint density at radius 1 is 1.30 bits per heavy atom. The number of carbonyl (C=O) groups is 2. The van der Waals surface area contributed by atoms with E-state index in [2.05, 4.69) is 20.8 Å². The first-order valence-corrected chi connectivity index (χ1v) is 5.93. The Labute approximate surface area is 115 Å². The van der Waals surface area contributed by atoms with Crippen molar-refractivity contribution in [1.29, 1.82) is 0 Å². The number of aryl methyl sites for hydroxylation is 1. The Morgan fingerprint density at radius 2 is 2.00 bits per heavy atom. The highest BCUT2D eigenvalue weighted by Gasteiger charge is 2.06. The summed E-state index contributed by atoms with van der Waals surface area (Å²) in [6, 6.07) is 5.56. The van der Waals surface area contributed by atoms with Crippen molar-refractivity contribution in [3.8, 4) is 0 Å². The first-order chi connectivity index (χ1) is 9.56. The van der Waals surface area contributed by atoms with Crippen molar-refractivity contribution in [2.24, 2.45) is 0 Å². The second-order valence-corrected chi connectivity index (χ2v) is 4.21. The van der Waals surface area contributed by atoms with Gasteiger partial charge in [-0.2, -0.15) is 5.10 Å². The standard InChI is InChI=1S/C13H14N4O3/c1-8-10(7-15-17-8)6-14-13(20)16-11-4-2-9(3-5-11)12(18)19/h2-5,7H,6H2,1H3,(H,15,17)(H,18,19)(H2,14,16,20). The van der Waals surface area contributed by atoms with Crippen LogP contribution in [0, 0.1) is 6.92 Å². The first kappa shape index (κ1) is 13.6. The maximum Gasteiger partial charge on any atom is 0.335 e. The molecule has 1 heterocycles. The van der Waals surface area contributed by atoms with E-state index in [4.69, 9.17) is 5.11 Å². The van der Waals surface area contributed by atoms with Crippen LogP contribution < -0.4 is 10.6 Å². The highest BCUT2D eigenvalue weighted by molar-refractivity contribution is 5.91. The normalized spacial score (nSPS) is 10.1. The minimum atomic E-state index is -1.00. The van der Waals surface area contributed by atoms with Crippen molar-refractivity contribution >= 4 is 17.7 Å². The van der Waals surface area contributed by atoms with Gasteiger partial charge in [0.25, 0.3) is 0 Å². The van der Waals surface area contributed by atoms with Gasteiger partial charge in [0.1, 0.15) is 0 Å². The molecule has 0 aliphatic heterocycles. The Hall–Kier alpha value is -2.83. The van der Waals surface area contributed by atoms with E-state index in [0.717, 1.165) is 11.3 Å². The van der Waals surface area contributed by atoms with Crippen LogP contribution in [-0.2, 0) is 6.54 Å². The average molecular weight is 274 g/mol. The molecule has 0 unspecified atom stereocenters. The summed E-state index contributed by atoms with van der Waals surface area (Å²) >= 11 is 0. The van der Waals surface area contributed by atoms with Gasteiger partial charge in [0.2, 0.25) is 0 Å². The summed E-state index contributed by atoms with van der Waals surface area (Å²) in [6.07, 6.45) is 1.65. The molecule has 0 bridgehead atoms. The SMILES string of the molecule is Cc1[nH]ncc1CNC(=O)Nc1ccc(C(=O)O)cc1. The molecule has 0 atom stereocenters. The van der Waals surface area contributed by atoms with Gasteiger partial charge in [-0.25, -0.2) is 9.59 Å². The molecule has 0 saturated carbocycles. The van der Waals surface area contributed by atoms with Crippen molar-refractivity contribution in [2.45, 2.75) is 13.5 Å². The number of rotatable bonds is 4. The highest BCUT2D eigenvalue weighted by Crippen LogP contribution is 2.09. The summed E-state index contributed by atoms with van der Waals surface area (Å²) in [7, 11) is 0. The second kappa shape index (κ2) is 5.87. The number of nitrogens with one attached hydrogen (secondary N) is 3. The van der Waals surface area contributed by atoms with E-state index in [1.807, 2.05) is 6.92 Å². The lowest BCUT2D eigenvalue weighted by atomic mass is 10.2. The number of amides is 2. The average Bonchev–Trinajstić information content (AvgIpc) is 2.82. The van der Waals surface area contributed by atoms with Crippen LogP contribution in [0.4, 0.5) is 10.5 Å². The number of nitrogens with zero attached hydrogens (tertiary/aromatic N) is 1. The third-order valence-electron chi connectivity index (χ3n) is 2.76. The van der Waals surface area contributed by atoms with Crippen LogP contribution in [0.1, 0.15) is 21.6 Å². The molecule has 0 aliphatic rings. The topological polar surface area (TPSA) is 107 Å². The van der Waals surface area contributed by atoms with Crippen LogP contribution >= 0.6 is 0 Å². The minimum absolute atomic E-state index is 0.171. The van der Waals surface area contributed by atoms with E-state index < -0.39 is 5.97 Å². The highest BCUT2D eigenvalue weighted by atomic mass is 16.4. The van der Waals surface area contributed by atoms with Gasteiger partial charge in [0, 0.05) is 23.5 Å². The fraction of sp³-hybridized carbons (Fsp3) is 0.154. The van der Waals surface area contributed by atoms with Gasteiger partial charge in [-0.05, 0) is 31.2 Å². The van der Waals surface area contributed by atoms with Gasteiger partial charge in [-0.15, -0.1) is 0 Å². The Kier molecular flexibility index (Phi) is 3.99. The lowest BCUT2D eigenvalue weighted by molar-refractivity contribution is 0.0697. The Bertz CT molecular complexity index is 619. The lowest BCUT2D eigenvalue weighted by Gasteiger charge is -2.07. The van der Waals surface area contributed by atoms with Crippen molar-refractivity contribution < 1.29 is 14.7 Å². The molecule has 1 aromatic heterocycles.